The summed E-state index contributed by atoms with van der Waals surface area (Å²) in [5.41, 5.74) is 1.13. The molecular weight excluding hydrogens is 418 g/mol. The lowest BCUT2D eigenvalue weighted by Crippen LogP contribution is -2.32. The van der Waals surface area contributed by atoms with Crippen molar-refractivity contribution in [2.24, 2.45) is 5.92 Å². The van der Waals surface area contributed by atoms with Gasteiger partial charge in [-0.1, -0.05) is 44.9 Å². The second-order valence-corrected chi connectivity index (χ2v) is 11.0. The molecule has 1 aliphatic rings. The summed E-state index contributed by atoms with van der Waals surface area (Å²) in [7, 11) is -3.82. The number of thiophene rings is 1. The van der Waals surface area contributed by atoms with Crippen LogP contribution in [-0.4, -0.2) is 26.0 Å². The first-order chi connectivity index (χ1) is 14.3. The maximum Gasteiger partial charge on any atom is 0.335 e. The van der Waals surface area contributed by atoms with Crippen LogP contribution in [0.25, 0.3) is 10.1 Å². The maximum absolute atomic E-state index is 13.7. The van der Waals surface area contributed by atoms with Crippen LogP contribution in [0.4, 0.5) is 5.00 Å². The van der Waals surface area contributed by atoms with Gasteiger partial charge in [-0.3, -0.25) is 4.31 Å². The van der Waals surface area contributed by atoms with Gasteiger partial charge in [0, 0.05) is 11.2 Å². The summed E-state index contributed by atoms with van der Waals surface area (Å²) in [5.74, 6) is -0.311. The highest BCUT2D eigenvalue weighted by Gasteiger charge is 2.32. The van der Waals surface area contributed by atoms with Crippen LogP contribution in [0, 0.1) is 5.92 Å². The van der Waals surface area contributed by atoms with Gasteiger partial charge in [0.25, 0.3) is 10.0 Å². The van der Waals surface area contributed by atoms with Crippen molar-refractivity contribution in [3.05, 3.63) is 59.7 Å². The number of carboxylic acids is 1. The topological polar surface area (TPSA) is 74.7 Å². The molecule has 0 radical (unpaired) electrons. The third-order valence-electron chi connectivity index (χ3n) is 5.54. The number of hydrogen-bond donors (Lipinski definition) is 1. The zero-order valence-electron chi connectivity index (χ0n) is 17.0. The first-order valence-electron chi connectivity index (χ1n) is 10.2. The SMILES string of the molecule is CC(C)c1c(N(CCC2CC2)S(=O)(=O)c2ccc(C(=O)O)cc2)sc2ccccc12. The molecule has 0 saturated heterocycles. The third kappa shape index (κ3) is 3.96. The van der Waals surface area contributed by atoms with E-state index in [4.69, 9.17) is 5.11 Å². The molecule has 0 unspecified atom stereocenters. The lowest BCUT2D eigenvalue weighted by molar-refractivity contribution is 0.0696. The molecule has 0 atom stereocenters. The number of carboxylic acid groups (broad SMARTS) is 1. The Morgan fingerprint density at radius 2 is 1.80 bits per heavy atom. The van der Waals surface area contributed by atoms with Gasteiger partial charge in [-0.05, 0) is 59.5 Å². The molecule has 1 saturated carbocycles. The van der Waals surface area contributed by atoms with Crippen LogP contribution < -0.4 is 4.31 Å². The van der Waals surface area contributed by atoms with Gasteiger partial charge in [0.1, 0.15) is 5.00 Å². The summed E-state index contributed by atoms with van der Waals surface area (Å²) >= 11 is 1.51. The van der Waals surface area contributed by atoms with E-state index in [1.807, 2.05) is 18.2 Å². The fraction of sp³-hybridized carbons (Fsp3) is 0.348. The van der Waals surface area contributed by atoms with Gasteiger partial charge in [0.2, 0.25) is 0 Å². The molecular formula is C23H25NO4S2. The Labute approximate surface area is 181 Å². The van der Waals surface area contributed by atoms with Crippen LogP contribution in [-0.2, 0) is 10.0 Å². The normalized spacial score (nSPS) is 14.4. The van der Waals surface area contributed by atoms with E-state index in [9.17, 15) is 13.2 Å². The number of rotatable bonds is 8. The molecule has 0 aliphatic heterocycles. The predicted octanol–water partition coefficient (Wildman–Crippen LogP) is 5.72. The largest absolute Gasteiger partial charge is 0.478 e. The molecule has 5 nitrogen and oxygen atoms in total. The quantitative estimate of drug-likeness (QED) is 0.483. The van der Waals surface area contributed by atoms with Gasteiger partial charge in [-0.2, -0.15) is 0 Å². The summed E-state index contributed by atoms with van der Waals surface area (Å²) in [6.07, 6.45) is 3.15. The number of sulfonamides is 1. The third-order valence-corrected chi connectivity index (χ3v) is 8.68. The van der Waals surface area contributed by atoms with Crippen LogP contribution in [0.3, 0.4) is 0 Å². The molecule has 3 aromatic rings. The van der Waals surface area contributed by atoms with Crippen molar-refractivity contribution in [2.75, 3.05) is 10.8 Å². The minimum Gasteiger partial charge on any atom is -0.478 e. The van der Waals surface area contributed by atoms with E-state index < -0.39 is 16.0 Å². The van der Waals surface area contributed by atoms with Crippen molar-refractivity contribution >= 4 is 42.4 Å². The van der Waals surface area contributed by atoms with Gasteiger partial charge in [0.05, 0.1) is 10.5 Å². The number of carbonyl (C=O) groups is 1. The summed E-state index contributed by atoms with van der Waals surface area (Å²) in [5, 5.41) is 11.0. The highest BCUT2D eigenvalue weighted by atomic mass is 32.2. The lowest BCUT2D eigenvalue weighted by Gasteiger charge is -2.25. The highest BCUT2D eigenvalue weighted by molar-refractivity contribution is 7.93. The Morgan fingerprint density at radius 1 is 1.13 bits per heavy atom. The Morgan fingerprint density at radius 3 is 2.40 bits per heavy atom. The molecule has 1 heterocycles. The zero-order chi connectivity index (χ0) is 21.5. The number of hydrogen-bond acceptors (Lipinski definition) is 4. The minimum absolute atomic E-state index is 0.0724. The fourth-order valence-corrected chi connectivity index (χ4v) is 6.82. The van der Waals surface area contributed by atoms with Crippen molar-refractivity contribution in [3.63, 3.8) is 0 Å². The molecule has 1 N–H and O–H groups in total. The van der Waals surface area contributed by atoms with Gasteiger partial charge in [-0.25, -0.2) is 13.2 Å². The first-order valence-corrected chi connectivity index (χ1v) is 12.4. The molecule has 2 aromatic carbocycles. The molecule has 7 heteroatoms. The first kappa shape index (κ1) is 20.9. The van der Waals surface area contributed by atoms with E-state index in [1.165, 1.54) is 35.6 Å². The molecule has 30 heavy (non-hydrogen) atoms. The van der Waals surface area contributed by atoms with Crippen LogP contribution >= 0.6 is 11.3 Å². The van der Waals surface area contributed by atoms with Crippen LogP contribution in [0.2, 0.25) is 0 Å². The average molecular weight is 444 g/mol. The Kier molecular flexibility index (Phi) is 5.59. The van der Waals surface area contributed by atoms with E-state index >= 15 is 0 Å². The minimum atomic E-state index is -3.82. The van der Waals surface area contributed by atoms with Crippen molar-refractivity contribution in [1.29, 1.82) is 0 Å². The lowest BCUT2D eigenvalue weighted by atomic mass is 10.0. The summed E-state index contributed by atoms with van der Waals surface area (Å²) in [4.78, 5) is 11.3. The molecule has 0 spiro atoms. The molecule has 1 aliphatic carbocycles. The smallest absolute Gasteiger partial charge is 0.335 e. The Hall–Kier alpha value is -2.38. The molecule has 4 rings (SSSR count). The Balaban J connectivity index is 1.83. The molecule has 1 fully saturated rings. The summed E-state index contributed by atoms with van der Waals surface area (Å²) < 4.78 is 30.0. The second-order valence-electron chi connectivity index (χ2n) is 8.11. The molecule has 0 amide bonds. The van der Waals surface area contributed by atoms with Crippen molar-refractivity contribution in [3.8, 4) is 0 Å². The van der Waals surface area contributed by atoms with Crippen LogP contribution in [0.1, 0.15) is 54.9 Å². The standard InChI is InChI=1S/C23H25NO4S2/c1-15(2)21-19-5-3-4-6-20(19)29-22(21)24(14-13-16-7-8-16)30(27,28)18-11-9-17(10-12-18)23(25)26/h3-6,9-12,15-16H,7-8,13-14H2,1-2H3,(H,25,26). The number of benzene rings is 2. The van der Waals surface area contributed by atoms with Crippen molar-refractivity contribution in [1.82, 2.24) is 0 Å². The fourth-order valence-electron chi connectivity index (χ4n) is 3.73. The highest BCUT2D eigenvalue weighted by Crippen LogP contribution is 2.45. The van der Waals surface area contributed by atoms with Crippen molar-refractivity contribution in [2.45, 2.75) is 43.9 Å². The Bertz CT molecular complexity index is 1180. The van der Waals surface area contributed by atoms with Crippen LogP contribution in [0.15, 0.2) is 53.4 Å². The monoisotopic (exact) mass is 443 g/mol. The van der Waals surface area contributed by atoms with Gasteiger partial charge in [0.15, 0.2) is 0 Å². The average Bonchev–Trinajstić information content (AvgIpc) is 3.46. The molecule has 158 valence electrons. The maximum atomic E-state index is 13.7. The number of aromatic carboxylic acids is 1. The van der Waals surface area contributed by atoms with E-state index in [1.54, 1.807) is 4.31 Å². The van der Waals surface area contributed by atoms with E-state index in [0.29, 0.717) is 12.5 Å². The number of fused-ring (bicyclic) bond motifs is 1. The second kappa shape index (κ2) is 8.04. The van der Waals surface area contributed by atoms with Crippen molar-refractivity contribution < 1.29 is 18.3 Å². The van der Waals surface area contributed by atoms with Crippen LogP contribution in [0.5, 0.6) is 0 Å². The zero-order valence-corrected chi connectivity index (χ0v) is 18.7. The summed E-state index contributed by atoms with van der Waals surface area (Å²) in [6.45, 7) is 4.61. The number of anilines is 1. The summed E-state index contributed by atoms with van der Waals surface area (Å²) in [6, 6.07) is 13.5. The van der Waals surface area contributed by atoms with E-state index in [2.05, 4.69) is 19.9 Å². The van der Waals surface area contributed by atoms with Gasteiger partial charge < -0.3 is 5.11 Å². The molecule has 1 aromatic heterocycles. The molecule has 0 bridgehead atoms. The van der Waals surface area contributed by atoms with E-state index in [-0.39, 0.29) is 16.4 Å². The number of nitrogens with zero attached hydrogens (tertiary/aromatic N) is 1. The van der Waals surface area contributed by atoms with E-state index in [0.717, 1.165) is 39.9 Å². The van der Waals surface area contributed by atoms with Gasteiger partial charge in [-0.15, -0.1) is 11.3 Å². The predicted molar refractivity (Wildman–Crippen MR) is 121 cm³/mol. The van der Waals surface area contributed by atoms with Gasteiger partial charge >= 0.3 is 5.97 Å².